The van der Waals surface area contributed by atoms with Crippen LogP contribution in [-0.4, -0.2) is 22.4 Å². The number of pyridine rings is 1. The van der Waals surface area contributed by atoms with Crippen molar-refractivity contribution in [2.45, 2.75) is 25.3 Å². The van der Waals surface area contributed by atoms with E-state index in [9.17, 15) is 9.59 Å². The monoisotopic (exact) mass is 507 g/mol. The van der Waals surface area contributed by atoms with Crippen LogP contribution in [0.25, 0.3) is 10.9 Å². The number of hydrogen-bond donors (Lipinski definition) is 1. The van der Waals surface area contributed by atoms with Crippen LogP contribution < -0.4 is 5.43 Å². The number of allylic oxidation sites excluding steroid dienone is 3. The molecule has 0 aliphatic rings. The summed E-state index contributed by atoms with van der Waals surface area (Å²) in [6.07, 6.45) is 4.51. The van der Waals surface area contributed by atoms with Crippen LogP contribution >= 0.6 is 62.5 Å². The van der Waals surface area contributed by atoms with Gasteiger partial charge in [-0.1, -0.05) is 36.2 Å². The van der Waals surface area contributed by atoms with Gasteiger partial charge >= 0.3 is 0 Å². The zero-order chi connectivity index (χ0) is 20.1. The standard InChI is InChI=1S/C19H17BrCl3NO2S/c1-3-4-12(22)7-11(8-21)9-27-19-15(10(2)25)18(26)16-14(23)6-5-13(20)17(16)24-19/h4-7H,3,8-9H2,1-2H3,(H,24,26)/b11-7+,12-4+. The highest BCUT2D eigenvalue weighted by molar-refractivity contribution is 9.10. The molecule has 0 fully saturated rings. The van der Waals surface area contributed by atoms with Gasteiger partial charge in [-0.3, -0.25) is 9.59 Å². The van der Waals surface area contributed by atoms with Gasteiger partial charge in [0.05, 0.1) is 26.5 Å². The zero-order valence-electron chi connectivity index (χ0n) is 14.7. The Hall–Kier alpha value is -0.720. The maximum atomic E-state index is 12.9. The van der Waals surface area contributed by atoms with E-state index in [1.165, 1.54) is 18.7 Å². The quantitative estimate of drug-likeness (QED) is 0.190. The Bertz CT molecular complexity index is 999. The minimum atomic E-state index is -0.384. The van der Waals surface area contributed by atoms with Crippen molar-refractivity contribution >= 4 is 79.2 Å². The number of hydrogen-bond acceptors (Lipinski definition) is 3. The number of ketones is 1. The van der Waals surface area contributed by atoms with Crippen LogP contribution in [0.1, 0.15) is 30.6 Å². The minimum absolute atomic E-state index is 0.0941. The molecule has 8 heteroatoms. The van der Waals surface area contributed by atoms with Gasteiger partial charge in [-0.05, 0) is 53.1 Å². The number of alkyl halides is 1. The highest BCUT2D eigenvalue weighted by atomic mass is 79.9. The van der Waals surface area contributed by atoms with E-state index >= 15 is 0 Å². The molecule has 2 rings (SSSR count). The lowest BCUT2D eigenvalue weighted by atomic mass is 10.1. The van der Waals surface area contributed by atoms with Crippen LogP contribution in [0, 0.1) is 0 Å². The van der Waals surface area contributed by atoms with Gasteiger partial charge in [-0.15, -0.1) is 23.4 Å². The lowest BCUT2D eigenvalue weighted by Crippen LogP contribution is -2.17. The summed E-state index contributed by atoms with van der Waals surface area (Å²) in [4.78, 5) is 28.2. The van der Waals surface area contributed by atoms with Gasteiger partial charge < -0.3 is 4.98 Å². The maximum absolute atomic E-state index is 12.9. The second-order valence-corrected chi connectivity index (χ2v) is 8.67. The first-order chi connectivity index (χ1) is 12.8. The van der Waals surface area contributed by atoms with Crippen LogP contribution in [0.3, 0.4) is 0 Å². The predicted molar refractivity (Wildman–Crippen MR) is 121 cm³/mol. The number of halogens is 4. The molecule has 0 saturated carbocycles. The summed E-state index contributed by atoms with van der Waals surface area (Å²) in [5, 5.41) is 1.69. The fourth-order valence-electron chi connectivity index (χ4n) is 2.46. The van der Waals surface area contributed by atoms with Crippen molar-refractivity contribution in [3.05, 3.63) is 60.2 Å². The Kier molecular flexibility index (Phi) is 8.50. The van der Waals surface area contributed by atoms with Gasteiger partial charge in [0.2, 0.25) is 5.43 Å². The zero-order valence-corrected chi connectivity index (χ0v) is 19.3. The Balaban J connectivity index is 2.53. The first kappa shape index (κ1) is 22.6. The Labute approximate surface area is 185 Å². The lowest BCUT2D eigenvalue weighted by Gasteiger charge is -2.12. The largest absolute Gasteiger partial charge is 0.348 e. The second-order valence-electron chi connectivity index (χ2n) is 5.72. The smallest absolute Gasteiger partial charge is 0.202 e. The van der Waals surface area contributed by atoms with Gasteiger partial charge in [-0.25, -0.2) is 0 Å². The van der Waals surface area contributed by atoms with E-state index in [1.807, 2.05) is 19.1 Å². The van der Waals surface area contributed by atoms with Crippen LogP contribution in [0.15, 0.2) is 49.2 Å². The molecule has 0 bridgehead atoms. The normalized spacial score (nSPS) is 12.7. The molecule has 1 aromatic heterocycles. The molecule has 2 aromatic rings. The van der Waals surface area contributed by atoms with Gasteiger partial charge in [-0.2, -0.15) is 0 Å². The van der Waals surface area contributed by atoms with Gasteiger partial charge in [0.15, 0.2) is 5.78 Å². The Morgan fingerprint density at radius 1 is 1.37 bits per heavy atom. The second kappa shape index (κ2) is 10.2. The van der Waals surface area contributed by atoms with Crippen LogP contribution in [0.2, 0.25) is 5.02 Å². The SMILES string of the molecule is CC/C=C(Cl)\C=C(/CCl)CSc1[nH]c2c(Br)ccc(Cl)c2c(=O)c1C(C)=O. The number of aromatic amines is 1. The number of rotatable bonds is 7. The Morgan fingerprint density at radius 2 is 2.07 bits per heavy atom. The van der Waals surface area contributed by atoms with Crippen LogP contribution in [-0.2, 0) is 0 Å². The summed E-state index contributed by atoms with van der Waals surface area (Å²) in [6.45, 7) is 3.36. The van der Waals surface area contributed by atoms with E-state index in [2.05, 4.69) is 20.9 Å². The van der Waals surface area contributed by atoms with Crippen molar-refractivity contribution in [1.29, 1.82) is 0 Å². The summed E-state index contributed by atoms with van der Waals surface area (Å²) < 4.78 is 0.693. The highest BCUT2D eigenvalue weighted by Gasteiger charge is 2.19. The van der Waals surface area contributed by atoms with Crippen molar-refractivity contribution in [3.63, 3.8) is 0 Å². The summed E-state index contributed by atoms with van der Waals surface area (Å²) >= 11 is 23.1. The third-order valence-electron chi connectivity index (χ3n) is 3.69. The molecule has 0 amide bonds. The third-order valence-corrected chi connectivity index (χ3v) is 6.38. The number of carbonyl (C=O) groups excluding carboxylic acids is 1. The minimum Gasteiger partial charge on any atom is -0.348 e. The van der Waals surface area contributed by atoms with Crippen molar-refractivity contribution in [1.82, 2.24) is 4.98 Å². The lowest BCUT2D eigenvalue weighted by molar-refractivity contribution is 0.101. The molecule has 0 spiro atoms. The number of benzene rings is 1. The average Bonchev–Trinajstić information content (AvgIpc) is 2.61. The van der Waals surface area contributed by atoms with E-state index in [4.69, 9.17) is 34.8 Å². The maximum Gasteiger partial charge on any atom is 0.202 e. The van der Waals surface area contributed by atoms with E-state index in [0.29, 0.717) is 42.1 Å². The molecular weight excluding hydrogens is 493 g/mol. The number of H-pyrrole nitrogens is 1. The van der Waals surface area contributed by atoms with Crippen LogP contribution in [0.5, 0.6) is 0 Å². The molecule has 0 aliphatic carbocycles. The van der Waals surface area contributed by atoms with Crippen molar-refractivity contribution in [2.24, 2.45) is 0 Å². The summed E-state index contributed by atoms with van der Waals surface area (Å²) in [5.74, 6) is 0.456. The number of thioether (sulfide) groups is 1. The molecular formula is C19H17BrCl3NO2S. The topological polar surface area (TPSA) is 49.9 Å². The molecule has 144 valence electrons. The fourth-order valence-corrected chi connectivity index (χ4v) is 4.80. The summed E-state index contributed by atoms with van der Waals surface area (Å²) in [5.41, 5.74) is 1.15. The number of nitrogens with one attached hydrogen (secondary N) is 1. The van der Waals surface area contributed by atoms with E-state index in [0.717, 1.165) is 12.0 Å². The van der Waals surface area contributed by atoms with E-state index in [1.54, 1.807) is 12.1 Å². The van der Waals surface area contributed by atoms with Crippen LogP contribution in [0.4, 0.5) is 0 Å². The number of Topliss-reactive ketones (excluding diaryl/α,β-unsaturated/α-hetero) is 1. The number of aromatic nitrogens is 1. The van der Waals surface area contributed by atoms with Crippen molar-refractivity contribution in [2.75, 3.05) is 11.6 Å². The van der Waals surface area contributed by atoms with Crippen molar-refractivity contribution < 1.29 is 4.79 Å². The van der Waals surface area contributed by atoms with Gasteiger partial charge in [0.1, 0.15) is 0 Å². The average molecular weight is 510 g/mol. The molecule has 0 aliphatic heterocycles. The molecule has 0 atom stereocenters. The Morgan fingerprint density at radius 3 is 2.67 bits per heavy atom. The number of carbonyl (C=O) groups is 1. The van der Waals surface area contributed by atoms with E-state index < -0.39 is 0 Å². The van der Waals surface area contributed by atoms with Crippen molar-refractivity contribution in [3.8, 4) is 0 Å². The fraction of sp³-hybridized carbons (Fsp3) is 0.263. The molecule has 0 saturated heterocycles. The molecule has 1 N–H and O–H groups in total. The number of fused-ring (bicyclic) bond motifs is 1. The highest BCUT2D eigenvalue weighted by Crippen LogP contribution is 2.31. The third kappa shape index (κ3) is 5.42. The molecule has 1 heterocycles. The van der Waals surface area contributed by atoms with Gasteiger partial charge in [0, 0.05) is 21.1 Å². The first-order valence-corrected chi connectivity index (χ1v) is 11.2. The predicted octanol–water partition coefficient (Wildman–Crippen LogP) is 6.94. The summed E-state index contributed by atoms with van der Waals surface area (Å²) in [6, 6.07) is 3.37. The molecule has 0 unspecified atom stereocenters. The molecule has 27 heavy (non-hydrogen) atoms. The molecule has 0 radical (unpaired) electrons. The van der Waals surface area contributed by atoms with E-state index in [-0.39, 0.29) is 16.8 Å². The summed E-state index contributed by atoms with van der Waals surface area (Å²) in [7, 11) is 0. The molecule has 1 aromatic carbocycles. The molecule has 3 nitrogen and oxygen atoms in total. The van der Waals surface area contributed by atoms with Gasteiger partial charge in [0.25, 0.3) is 0 Å². The first-order valence-electron chi connectivity index (χ1n) is 8.08.